The summed E-state index contributed by atoms with van der Waals surface area (Å²) in [5.74, 6) is 2.32. The van der Waals surface area contributed by atoms with Gasteiger partial charge in [-0.25, -0.2) is 0 Å². The van der Waals surface area contributed by atoms with Gasteiger partial charge in [0.15, 0.2) is 0 Å². The molecule has 0 saturated carbocycles. The zero-order valence-corrected chi connectivity index (χ0v) is 24.4. The van der Waals surface area contributed by atoms with Gasteiger partial charge < -0.3 is 14.4 Å². The second-order valence-corrected chi connectivity index (χ2v) is 12.2. The minimum atomic E-state index is -0.299. The lowest BCUT2D eigenvalue weighted by Crippen LogP contribution is -2.38. The quantitative estimate of drug-likeness (QED) is 0.318. The smallest absolute Gasteiger partial charge is 0.134 e. The van der Waals surface area contributed by atoms with Crippen LogP contribution in [0.4, 0.5) is 5.69 Å². The van der Waals surface area contributed by atoms with Crippen LogP contribution in [-0.4, -0.2) is 33.5 Å². The van der Waals surface area contributed by atoms with Crippen molar-refractivity contribution in [1.82, 2.24) is 0 Å². The molecule has 0 saturated heterocycles. The van der Waals surface area contributed by atoms with Crippen molar-refractivity contribution in [3.63, 3.8) is 0 Å². The van der Waals surface area contributed by atoms with E-state index in [-0.39, 0.29) is 5.41 Å². The van der Waals surface area contributed by atoms with E-state index >= 15 is 0 Å². The Balaban J connectivity index is 1.42. The molecule has 0 spiro atoms. The predicted octanol–water partition coefficient (Wildman–Crippen LogP) is 5.92. The van der Waals surface area contributed by atoms with Gasteiger partial charge in [-0.15, -0.1) is 0 Å². The first kappa shape index (κ1) is 25.2. The molecule has 208 valence electrons. The molecular weight excluding hydrogens is 516 g/mol. The van der Waals surface area contributed by atoms with Crippen LogP contribution < -0.4 is 20.1 Å². The molecule has 4 heteroatoms. The molecule has 4 aliphatic rings. The first-order valence-electron chi connectivity index (χ1n) is 14.9. The normalized spacial score (nSPS) is 21.6. The summed E-state index contributed by atoms with van der Waals surface area (Å²) in [6.45, 7) is 3.44. The van der Waals surface area contributed by atoms with Gasteiger partial charge >= 0.3 is 0 Å². The van der Waals surface area contributed by atoms with Crippen LogP contribution in [0.2, 0.25) is 0 Å². The van der Waals surface area contributed by atoms with Gasteiger partial charge in [0.2, 0.25) is 0 Å². The number of benzene rings is 4. The Hall–Kier alpha value is -4.57. The minimum absolute atomic E-state index is 0.299. The SMILES string of the molecule is CC1C=c2c(c3ccc4c(c3c3c2=CC2=C(C3)OCC=N2)CC(c2ccccc2)(c2ccc(N(C)C)cc2)C=C4)OC1. The fourth-order valence-electron chi connectivity index (χ4n) is 7.23. The number of ether oxygens (including phenoxy) is 2. The maximum Gasteiger partial charge on any atom is 0.134 e. The summed E-state index contributed by atoms with van der Waals surface area (Å²) in [7, 11) is 4.18. The number of rotatable bonds is 3. The molecule has 4 nitrogen and oxygen atoms in total. The fraction of sp³-hybridized carbons (Fsp3) is 0.237. The topological polar surface area (TPSA) is 34.1 Å². The number of nitrogens with zero attached hydrogens (tertiary/aromatic N) is 2. The van der Waals surface area contributed by atoms with Crippen LogP contribution >= 0.6 is 0 Å². The van der Waals surface area contributed by atoms with Gasteiger partial charge in [-0.3, -0.25) is 4.99 Å². The van der Waals surface area contributed by atoms with Crippen LogP contribution in [0.5, 0.6) is 5.75 Å². The van der Waals surface area contributed by atoms with Crippen LogP contribution in [0, 0.1) is 5.92 Å². The predicted molar refractivity (Wildman–Crippen MR) is 173 cm³/mol. The number of allylic oxidation sites excluding steroid dienone is 3. The third-order valence-corrected chi connectivity index (χ3v) is 9.35. The van der Waals surface area contributed by atoms with Crippen LogP contribution in [0.25, 0.3) is 29.0 Å². The lowest BCUT2D eigenvalue weighted by molar-refractivity contribution is 0.246. The van der Waals surface area contributed by atoms with Gasteiger partial charge in [-0.2, -0.15) is 0 Å². The van der Waals surface area contributed by atoms with Crippen molar-refractivity contribution in [3.8, 4) is 5.75 Å². The fourth-order valence-corrected chi connectivity index (χ4v) is 7.23. The van der Waals surface area contributed by atoms with Gasteiger partial charge in [0, 0.05) is 54.4 Å². The molecule has 0 radical (unpaired) electrons. The molecule has 0 bridgehead atoms. The van der Waals surface area contributed by atoms with Crippen molar-refractivity contribution >= 4 is 40.9 Å². The highest BCUT2D eigenvalue weighted by atomic mass is 16.5. The van der Waals surface area contributed by atoms with E-state index in [1.54, 1.807) is 0 Å². The maximum atomic E-state index is 6.54. The minimum Gasteiger partial charge on any atom is -0.492 e. The van der Waals surface area contributed by atoms with Crippen molar-refractivity contribution in [2.75, 3.05) is 32.2 Å². The number of anilines is 1. The van der Waals surface area contributed by atoms with Gasteiger partial charge in [0.05, 0.1) is 6.61 Å². The molecule has 42 heavy (non-hydrogen) atoms. The number of hydrogen-bond donors (Lipinski definition) is 0. The van der Waals surface area contributed by atoms with E-state index in [0.29, 0.717) is 19.1 Å². The van der Waals surface area contributed by atoms with Crippen molar-refractivity contribution < 1.29 is 9.47 Å². The largest absolute Gasteiger partial charge is 0.492 e. The van der Waals surface area contributed by atoms with Crippen LogP contribution in [-0.2, 0) is 23.0 Å². The van der Waals surface area contributed by atoms with E-state index < -0.39 is 0 Å². The monoisotopic (exact) mass is 550 g/mol. The first-order chi connectivity index (χ1) is 20.5. The Bertz CT molecular complexity index is 1970. The van der Waals surface area contributed by atoms with Gasteiger partial charge in [0.1, 0.15) is 23.8 Å². The molecule has 2 aliphatic carbocycles. The third kappa shape index (κ3) is 3.78. The average Bonchev–Trinajstić information content (AvgIpc) is 3.03. The Kier molecular flexibility index (Phi) is 5.68. The van der Waals surface area contributed by atoms with E-state index in [1.807, 2.05) is 6.21 Å². The Morgan fingerprint density at radius 3 is 2.50 bits per heavy atom. The third-order valence-electron chi connectivity index (χ3n) is 9.35. The standard InChI is InChI=1S/C38H34N2O2/c1-24-19-32-30-20-34-35(41-18-17-39-34)21-31(30)36-29(37(32)42-23-24)14-9-25-15-16-38(22-33(25)36,26-7-5-4-6-8-26)27-10-12-28(13-11-27)40(2)3/h4-17,19-20,24H,18,21-23H2,1-3H3. The van der Waals surface area contributed by atoms with Crippen LogP contribution in [0.1, 0.15) is 34.7 Å². The number of fused-ring (bicyclic) bond motifs is 8. The van der Waals surface area contributed by atoms with Gasteiger partial charge in [-0.1, -0.05) is 79.7 Å². The summed E-state index contributed by atoms with van der Waals surface area (Å²) in [5.41, 5.74) is 8.40. The van der Waals surface area contributed by atoms with E-state index in [2.05, 4.69) is 117 Å². The van der Waals surface area contributed by atoms with E-state index in [1.165, 1.54) is 54.7 Å². The van der Waals surface area contributed by atoms with Crippen LogP contribution in [0.15, 0.2) is 89.3 Å². The van der Waals surface area contributed by atoms with Crippen molar-refractivity contribution in [2.45, 2.75) is 25.2 Å². The Morgan fingerprint density at radius 1 is 0.881 bits per heavy atom. The van der Waals surface area contributed by atoms with Gasteiger partial charge in [-0.05, 0) is 63.1 Å². The second-order valence-electron chi connectivity index (χ2n) is 12.2. The molecule has 0 fully saturated rings. The molecule has 4 aromatic carbocycles. The lowest BCUT2D eigenvalue weighted by atomic mass is 9.66. The molecule has 2 heterocycles. The summed E-state index contributed by atoms with van der Waals surface area (Å²) in [5, 5.41) is 4.93. The van der Waals surface area contributed by atoms with E-state index in [9.17, 15) is 0 Å². The number of hydrogen-bond acceptors (Lipinski definition) is 4. The molecule has 2 aliphatic heterocycles. The lowest BCUT2D eigenvalue weighted by Gasteiger charge is -2.37. The summed E-state index contributed by atoms with van der Waals surface area (Å²) >= 11 is 0. The molecule has 0 amide bonds. The molecule has 2 atom stereocenters. The van der Waals surface area contributed by atoms with Crippen molar-refractivity contribution in [1.29, 1.82) is 0 Å². The highest BCUT2D eigenvalue weighted by Gasteiger charge is 2.37. The molecule has 2 unspecified atom stereocenters. The zero-order chi connectivity index (χ0) is 28.4. The van der Waals surface area contributed by atoms with Crippen molar-refractivity contribution in [3.05, 3.63) is 123 Å². The Morgan fingerprint density at radius 2 is 1.69 bits per heavy atom. The highest BCUT2D eigenvalue weighted by molar-refractivity contribution is 5.98. The van der Waals surface area contributed by atoms with Crippen LogP contribution in [0.3, 0.4) is 0 Å². The highest BCUT2D eigenvalue weighted by Crippen LogP contribution is 2.45. The molecular formula is C38H34N2O2. The molecule has 0 N–H and O–H groups in total. The van der Waals surface area contributed by atoms with Crippen molar-refractivity contribution in [2.24, 2.45) is 10.9 Å². The first-order valence-corrected chi connectivity index (χ1v) is 14.9. The molecule has 8 rings (SSSR count). The summed E-state index contributed by atoms with van der Waals surface area (Å²) < 4.78 is 12.7. The summed E-state index contributed by atoms with van der Waals surface area (Å²) in [6.07, 6.45) is 12.8. The summed E-state index contributed by atoms with van der Waals surface area (Å²) in [6, 6.07) is 24.6. The average molecular weight is 551 g/mol. The summed E-state index contributed by atoms with van der Waals surface area (Å²) in [4.78, 5) is 6.87. The zero-order valence-electron chi connectivity index (χ0n) is 24.4. The second kappa shape index (κ2) is 9.49. The van der Waals surface area contributed by atoms with E-state index in [4.69, 9.17) is 14.5 Å². The van der Waals surface area contributed by atoms with E-state index in [0.717, 1.165) is 30.0 Å². The molecule has 4 aromatic rings. The molecule has 0 aromatic heterocycles. The number of aliphatic imine (C=N–C) groups is 1. The Labute approximate surface area is 246 Å². The van der Waals surface area contributed by atoms with Gasteiger partial charge in [0.25, 0.3) is 0 Å². The maximum absolute atomic E-state index is 6.54.